The predicted octanol–water partition coefficient (Wildman–Crippen LogP) is 14.9. The average molecular weight is 653 g/mol. The van der Waals surface area contributed by atoms with Gasteiger partial charge in [-0.15, -0.1) is 0 Å². The highest BCUT2D eigenvalue weighted by Crippen LogP contribution is 2.55. The first kappa shape index (κ1) is 27.0. The van der Waals surface area contributed by atoms with E-state index in [1.807, 2.05) is 0 Å². The molecule has 0 saturated carbocycles. The molecule has 13 rings (SSSR count). The van der Waals surface area contributed by atoms with E-state index in [-0.39, 0.29) is 0 Å². The van der Waals surface area contributed by atoms with Crippen molar-refractivity contribution in [1.29, 1.82) is 0 Å². The Morgan fingerprint density at radius 2 is 0.654 bits per heavy atom. The number of hydrogen-bond donors (Lipinski definition) is 0. The van der Waals surface area contributed by atoms with Crippen LogP contribution in [0.5, 0.6) is 0 Å². The fourth-order valence-electron chi connectivity index (χ4n) is 10.4. The predicted molar refractivity (Wildman–Crippen MR) is 226 cm³/mol. The lowest BCUT2D eigenvalue weighted by Crippen LogP contribution is -1.93. The van der Waals surface area contributed by atoms with Crippen molar-refractivity contribution in [3.8, 4) is 22.3 Å². The van der Waals surface area contributed by atoms with Crippen molar-refractivity contribution in [2.75, 3.05) is 0 Å². The van der Waals surface area contributed by atoms with Gasteiger partial charge >= 0.3 is 0 Å². The molecular formula is C52H28. The van der Waals surface area contributed by atoms with Gasteiger partial charge in [0.2, 0.25) is 0 Å². The Morgan fingerprint density at radius 1 is 0.212 bits per heavy atom. The van der Waals surface area contributed by atoms with Gasteiger partial charge in [-0.05, 0) is 136 Å². The second kappa shape index (κ2) is 9.51. The monoisotopic (exact) mass is 652 g/mol. The smallest absolute Gasteiger partial charge is 0.000696 e. The maximum atomic E-state index is 2.47. The molecule has 0 radical (unpaired) electrons. The van der Waals surface area contributed by atoms with Crippen LogP contribution in [-0.4, -0.2) is 0 Å². The molecule has 0 amide bonds. The molecule has 0 saturated heterocycles. The zero-order valence-electron chi connectivity index (χ0n) is 28.2. The molecule has 0 spiro atoms. The molecule has 0 aliphatic rings. The summed E-state index contributed by atoms with van der Waals surface area (Å²) in [5.74, 6) is 0. The Balaban J connectivity index is 1.38. The summed E-state index contributed by atoms with van der Waals surface area (Å²) in [4.78, 5) is 0. The number of fused-ring (bicyclic) bond motifs is 10. The summed E-state index contributed by atoms with van der Waals surface area (Å²) >= 11 is 0. The van der Waals surface area contributed by atoms with Crippen LogP contribution in [0.4, 0.5) is 0 Å². The summed E-state index contributed by atoms with van der Waals surface area (Å²) in [7, 11) is 0. The second-order valence-electron chi connectivity index (χ2n) is 14.6. The van der Waals surface area contributed by atoms with Crippen molar-refractivity contribution in [3.05, 3.63) is 170 Å². The molecule has 52 heavy (non-hydrogen) atoms. The van der Waals surface area contributed by atoms with E-state index in [4.69, 9.17) is 0 Å². The number of benzene rings is 11. The van der Waals surface area contributed by atoms with E-state index >= 15 is 0 Å². The van der Waals surface area contributed by atoms with Crippen LogP contribution in [0.25, 0.3) is 130 Å². The highest BCUT2D eigenvalue weighted by Gasteiger charge is 2.27. The van der Waals surface area contributed by atoms with Crippen molar-refractivity contribution in [2.24, 2.45) is 0 Å². The van der Waals surface area contributed by atoms with Gasteiger partial charge in [-0.2, -0.15) is 0 Å². The van der Waals surface area contributed by atoms with Gasteiger partial charge in [-0.25, -0.2) is 0 Å². The Labute approximate surface area is 298 Å². The highest BCUT2D eigenvalue weighted by atomic mass is 14.3. The first-order valence-electron chi connectivity index (χ1n) is 18.3. The zero-order valence-corrected chi connectivity index (χ0v) is 28.2. The molecule has 0 N–H and O–H groups in total. The molecule has 0 aliphatic heterocycles. The third-order valence-electron chi connectivity index (χ3n) is 12.2. The van der Waals surface area contributed by atoms with Crippen LogP contribution in [0.1, 0.15) is 0 Å². The fourth-order valence-corrected chi connectivity index (χ4v) is 10.4. The van der Waals surface area contributed by atoms with Gasteiger partial charge in [-0.1, -0.05) is 164 Å². The lowest BCUT2D eigenvalue weighted by molar-refractivity contribution is 1.61. The lowest BCUT2D eigenvalue weighted by atomic mass is 9.81. The maximum Gasteiger partial charge on any atom is -0.000696 e. The van der Waals surface area contributed by atoms with Crippen LogP contribution < -0.4 is 0 Å². The molecule has 0 aromatic heterocycles. The van der Waals surface area contributed by atoms with Gasteiger partial charge in [-0.3, -0.25) is 0 Å². The van der Waals surface area contributed by atoms with Crippen LogP contribution in [0, 0.1) is 0 Å². The molecule has 0 fully saturated rings. The summed E-state index contributed by atoms with van der Waals surface area (Å²) in [5.41, 5.74) is 5.10. The van der Waals surface area contributed by atoms with Crippen molar-refractivity contribution in [1.82, 2.24) is 0 Å². The first-order chi connectivity index (χ1) is 25.8. The molecule has 0 aliphatic carbocycles. The molecule has 0 heterocycles. The Morgan fingerprint density at radius 3 is 1.37 bits per heavy atom. The fraction of sp³-hybridized carbons (Fsp3) is 0. The standard InChI is InChI=1S/C52H28/c1-2-12-29(13-3-1)33-19-4-5-20-34(33)46-40-26-11-27-41-47(40)51(52-38-24-9-17-31-16-8-23-37(44(31)38)50(46)52)39-25-10-18-32-28-42-35-21-6-14-30-15-7-22-36(43(30)35)48(42)49(41)45(32)39/h1-28H. The van der Waals surface area contributed by atoms with Gasteiger partial charge in [0.15, 0.2) is 0 Å². The van der Waals surface area contributed by atoms with Gasteiger partial charge < -0.3 is 0 Å². The SMILES string of the molecule is c1ccc(-c2ccccc2-c2c3cccc4c3c(c3cccc5cc6c7cccc8cccc(c87)c6c4c53)c3c4cccc5cccc(c23)c54)cc1. The summed E-state index contributed by atoms with van der Waals surface area (Å²) in [6.45, 7) is 0. The molecule has 0 atom stereocenters. The van der Waals surface area contributed by atoms with Crippen LogP contribution in [-0.2, 0) is 0 Å². The van der Waals surface area contributed by atoms with E-state index < -0.39 is 0 Å². The Bertz CT molecular complexity index is 3600. The molecule has 0 heteroatoms. The van der Waals surface area contributed by atoms with Gasteiger partial charge in [0.25, 0.3) is 0 Å². The second-order valence-corrected chi connectivity index (χ2v) is 14.6. The van der Waals surface area contributed by atoms with Crippen molar-refractivity contribution >= 4 is 108 Å². The minimum Gasteiger partial charge on any atom is -0.0622 e. The van der Waals surface area contributed by atoms with E-state index in [1.165, 1.54) is 130 Å². The molecule has 13 aromatic carbocycles. The van der Waals surface area contributed by atoms with Gasteiger partial charge in [0, 0.05) is 0 Å². The topological polar surface area (TPSA) is 0 Å². The maximum absolute atomic E-state index is 2.47. The quantitative estimate of drug-likeness (QED) is 0.129. The van der Waals surface area contributed by atoms with Crippen LogP contribution in [0.3, 0.4) is 0 Å². The van der Waals surface area contributed by atoms with E-state index in [0.29, 0.717) is 0 Å². The molecule has 236 valence electrons. The van der Waals surface area contributed by atoms with Crippen LogP contribution in [0.2, 0.25) is 0 Å². The Hall–Kier alpha value is -6.76. The summed E-state index contributed by atoms with van der Waals surface area (Å²) in [6, 6.07) is 64.0. The summed E-state index contributed by atoms with van der Waals surface area (Å²) in [5, 5.41) is 26.9. The van der Waals surface area contributed by atoms with Crippen LogP contribution in [0.15, 0.2) is 170 Å². The minimum absolute atomic E-state index is 1.24. The third kappa shape index (κ3) is 3.16. The normalized spacial score (nSPS) is 12.6. The van der Waals surface area contributed by atoms with E-state index in [1.54, 1.807) is 0 Å². The van der Waals surface area contributed by atoms with E-state index in [9.17, 15) is 0 Å². The molecule has 0 unspecified atom stereocenters. The first-order valence-corrected chi connectivity index (χ1v) is 18.3. The summed E-state index contributed by atoms with van der Waals surface area (Å²) in [6.07, 6.45) is 0. The van der Waals surface area contributed by atoms with Gasteiger partial charge in [0.05, 0.1) is 0 Å². The number of hydrogen-bond acceptors (Lipinski definition) is 0. The summed E-state index contributed by atoms with van der Waals surface area (Å²) < 4.78 is 0. The Kier molecular flexibility index (Phi) is 4.94. The molecule has 13 aromatic rings. The third-order valence-corrected chi connectivity index (χ3v) is 12.2. The van der Waals surface area contributed by atoms with Crippen molar-refractivity contribution in [3.63, 3.8) is 0 Å². The molecule has 0 bridgehead atoms. The zero-order chi connectivity index (χ0) is 33.7. The lowest BCUT2D eigenvalue weighted by Gasteiger charge is -2.21. The van der Waals surface area contributed by atoms with Crippen molar-refractivity contribution < 1.29 is 0 Å². The van der Waals surface area contributed by atoms with E-state index in [0.717, 1.165) is 0 Å². The molecular weight excluding hydrogens is 625 g/mol. The van der Waals surface area contributed by atoms with Gasteiger partial charge in [0.1, 0.15) is 0 Å². The minimum atomic E-state index is 1.24. The molecule has 0 nitrogen and oxygen atoms in total. The largest absolute Gasteiger partial charge is 0.0622 e. The average Bonchev–Trinajstić information content (AvgIpc) is 3.71. The van der Waals surface area contributed by atoms with E-state index in [2.05, 4.69) is 170 Å². The van der Waals surface area contributed by atoms with Crippen LogP contribution >= 0.6 is 0 Å². The van der Waals surface area contributed by atoms with Crippen molar-refractivity contribution in [2.45, 2.75) is 0 Å². The number of rotatable bonds is 2. The highest BCUT2D eigenvalue weighted by molar-refractivity contribution is 6.51.